The summed E-state index contributed by atoms with van der Waals surface area (Å²) in [6.45, 7) is 1.96. The number of nitrogens with two attached hydrogens (primary N) is 1. The fraction of sp³-hybridized carbons (Fsp3) is 0.455. The van der Waals surface area contributed by atoms with Crippen LogP contribution in [0.15, 0.2) is 29.3 Å². The highest BCUT2D eigenvalue weighted by Crippen LogP contribution is 2.51. The third-order valence-corrected chi connectivity index (χ3v) is 6.76. The van der Waals surface area contributed by atoms with E-state index < -0.39 is 0 Å². The van der Waals surface area contributed by atoms with Gasteiger partial charge in [-0.2, -0.15) is 5.26 Å². The number of hydrogen-bond donors (Lipinski definition) is 2. The SMILES string of the molecule is N#CCC1=NCc2nc(N3CCC4(CC3)Cc3ccccc3[C@H]4N)c(CO)nc21. The summed E-state index contributed by atoms with van der Waals surface area (Å²) in [5.74, 6) is 0.749. The average Bonchev–Trinajstić information content (AvgIpc) is 3.27. The van der Waals surface area contributed by atoms with Crippen molar-refractivity contribution in [1.82, 2.24) is 9.97 Å². The van der Waals surface area contributed by atoms with E-state index in [1.54, 1.807) is 0 Å². The second-order valence-corrected chi connectivity index (χ2v) is 8.25. The van der Waals surface area contributed by atoms with Crippen molar-refractivity contribution in [2.75, 3.05) is 18.0 Å². The van der Waals surface area contributed by atoms with Gasteiger partial charge < -0.3 is 15.7 Å². The molecule has 0 radical (unpaired) electrons. The third kappa shape index (κ3) is 2.83. The Hall–Kier alpha value is -2.82. The van der Waals surface area contributed by atoms with Crippen LogP contribution in [-0.4, -0.2) is 33.9 Å². The zero-order valence-electron chi connectivity index (χ0n) is 16.3. The van der Waals surface area contributed by atoms with Crippen molar-refractivity contribution in [2.24, 2.45) is 16.1 Å². The van der Waals surface area contributed by atoms with Gasteiger partial charge in [-0.05, 0) is 35.8 Å². The molecule has 5 rings (SSSR count). The Kier molecular flexibility index (Phi) is 4.34. The van der Waals surface area contributed by atoms with Gasteiger partial charge in [0.15, 0.2) is 5.82 Å². The molecule has 0 bridgehead atoms. The molecule has 3 N–H and O–H groups in total. The summed E-state index contributed by atoms with van der Waals surface area (Å²) >= 11 is 0. The number of rotatable bonds is 3. The zero-order chi connectivity index (χ0) is 20.0. The standard InChI is InChI=1S/C22H24N6O/c23-8-5-16-19-17(12-25-16)27-21(18(13-29)26-19)28-9-6-22(7-10-28)11-14-3-1-2-4-15(14)20(22)24/h1-4,20,29H,5-7,9-13,24H2/t20-/m1/s1. The predicted octanol–water partition coefficient (Wildman–Crippen LogP) is 2.03. The lowest BCUT2D eigenvalue weighted by Gasteiger charge is -2.43. The molecule has 1 spiro atoms. The quantitative estimate of drug-likeness (QED) is 0.832. The van der Waals surface area contributed by atoms with Crippen LogP contribution in [-0.2, 0) is 19.6 Å². The van der Waals surface area contributed by atoms with Crippen LogP contribution < -0.4 is 10.6 Å². The Morgan fingerprint density at radius 2 is 2.03 bits per heavy atom. The summed E-state index contributed by atoms with van der Waals surface area (Å²) < 4.78 is 0. The topological polar surface area (TPSA) is 111 Å². The van der Waals surface area contributed by atoms with E-state index in [9.17, 15) is 5.11 Å². The molecule has 7 nitrogen and oxygen atoms in total. The van der Waals surface area contributed by atoms with Gasteiger partial charge in [-0.1, -0.05) is 24.3 Å². The normalized spacial score (nSPS) is 21.6. The summed E-state index contributed by atoms with van der Waals surface area (Å²) in [6, 6.07) is 10.7. The van der Waals surface area contributed by atoms with Crippen LogP contribution >= 0.6 is 0 Å². The summed E-state index contributed by atoms with van der Waals surface area (Å²) in [5, 5.41) is 18.9. The number of nitrogens with zero attached hydrogens (tertiary/aromatic N) is 5. The van der Waals surface area contributed by atoms with Crippen LogP contribution in [0.2, 0.25) is 0 Å². The smallest absolute Gasteiger partial charge is 0.153 e. The van der Waals surface area contributed by atoms with Crippen molar-refractivity contribution in [3.8, 4) is 6.07 Å². The highest BCUT2D eigenvalue weighted by molar-refractivity contribution is 6.02. The minimum absolute atomic E-state index is 0.0752. The first kappa shape index (κ1) is 18.2. The molecule has 3 heterocycles. The van der Waals surface area contributed by atoms with Crippen LogP contribution in [0.1, 0.15) is 53.5 Å². The lowest BCUT2D eigenvalue weighted by atomic mass is 9.73. The molecule has 2 aliphatic heterocycles. The number of nitriles is 1. The highest BCUT2D eigenvalue weighted by Gasteiger charge is 2.46. The van der Waals surface area contributed by atoms with Crippen molar-refractivity contribution in [2.45, 2.75) is 44.9 Å². The van der Waals surface area contributed by atoms with Crippen molar-refractivity contribution >= 4 is 11.5 Å². The van der Waals surface area contributed by atoms with E-state index >= 15 is 0 Å². The molecule has 0 unspecified atom stereocenters. The van der Waals surface area contributed by atoms with Crippen LogP contribution in [0.4, 0.5) is 5.82 Å². The van der Waals surface area contributed by atoms with Gasteiger partial charge in [-0.25, -0.2) is 9.97 Å². The fourth-order valence-electron chi connectivity index (χ4n) is 5.12. The molecule has 1 saturated heterocycles. The second kappa shape index (κ2) is 6.90. The summed E-state index contributed by atoms with van der Waals surface area (Å²) in [5.41, 5.74) is 12.2. The van der Waals surface area contributed by atoms with Crippen molar-refractivity contribution in [3.05, 3.63) is 52.5 Å². The van der Waals surface area contributed by atoms with Crippen molar-refractivity contribution in [1.29, 1.82) is 5.26 Å². The molecule has 29 heavy (non-hydrogen) atoms. The second-order valence-electron chi connectivity index (χ2n) is 8.25. The first-order valence-electron chi connectivity index (χ1n) is 10.1. The Balaban J connectivity index is 1.38. The molecule has 1 aromatic heterocycles. The first-order chi connectivity index (χ1) is 14.1. The molecule has 1 fully saturated rings. The summed E-state index contributed by atoms with van der Waals surface area (Å²) in [7, 11) is 0. The number of aliphatic hydroxyl groups is 1. The largest absolute Gasteiger partial charge is 0.390 e. The highest BCUT2D eigenvalue weighted by atomic mass is 16.3. The maximum atomic E-state index is 9.91. The van der Waals surface area contributed by atoms with Gasteiger partial charge in [0, 0.05) is 19.1 Å². The molecule has 1 atom stereocenters. The van der Waals surface area contributed by atoms with E-state index in [2.05, 4.69) is 45.2 Å². The molecule has 148 valence electrons. The number of piperidine rings is 1. The Morgan fingerprint density at radius 3 is 2.76 bits per heavy atom. The van der Waals surface area contributed by atoms with Crippen molar-refractivity contribution < 1.29 is 5.11 Å². The molecule has 2 aromatic rings. The third-order valence-electron chi connectivity index (χ3n) is 6.76. The van der Waals surface area contributed by atoms with Gasteiger partial charge in [-0.3, -0.25) is 4.99 Å². The Bertz CT molecular complexity index is 1030. The lowest BCUT2D eigenvalue weighted by Crippen LogP contribution is -2.45. The predicted molar refractivity (Wildman–Crippen MR) is 109 cm³/mol. The molecular weight excluding hydrogens is 364 g/mol. The van der Waals surface area contributed by atoms with E-state index in [1.165, 1.54) is 11.1 Å². The zero-order valence-corrected chi connectivity index (χ0v) is 16.3. The lowest BCUT2D eigenvalue weighted by molar-refractivity contribution is 0.186. The van der Waals surface area contributed by atoms with Crippen molar-refractivity contribution in [3.63, 3.8) is 0 Å². The number of aromatic nitrogens is 2. The van der Waals surface area contributed by atoms with Crippen LogP contribution in [0.5, 0.6) is 0 Å². The molecule has 1 aliphatic carbocycles. The van der Waals surface area contributed by atoms with Gasteiger partial charge in [0.1, 0.15) is 11.4 Å². The minimum Gasteiger partial charge on any atom is -0.390 e. The Morgan fingerprint density at radius 1 is 1.24 bits per heavy atom. The summed E-state index contributed by atoms with van der Waals surface area (Å²) in [6.07, 6.45) is 3.23. The molecule has 7 heteroatoms. The van der Waals surface area contributed by atoms with Crippen LogP contribution in [0, 0.1) is 16.7 Å². The molecule has 1 aromatic carbocycles. The van der Waals surface area contributed by atoms with E-state index in [0.717, 1.165) is 43.9 Å². The number of benzene rings is 1. The van der Waals surface area contributed by atoms with Gasteiger partial charge in [0.05, 0.1) is 37.0 Å². The fourth-order valence-corrected chi connectivity index (χ4v) is 5.12. The van der Waals surface area contributed by atoms with E-state index in [-0.39, 0.29) is 24.5 Å². The minimum atomic E-state index is -0.179. The van der Waals surface area contributed by atoms with Gasteiger partial charge in [0.2, 0.25) is 0 Å². The summed E-state index contributed by atoms with van der Waals surface area (Å²) in [4.78, 5) is 16.0. The van der Waals surface area contributed by atoms with Gasteiger partial charge in [0.25, 0.3) is 0 Å². The molecule has 0 saturated carbocycles. The van der Waals surface area contributed by atoms with Gasteiger partial charge in [-0.15, -0.1) is 0 Å². The number of aliphatic imine (C=N–C) groups is 1. The van der Waals surface area contributed by atoms with Crippen LogP contribution in [0.3, 0.4) is 0 Å². The van der Waals surface area contributed by atoms with E-state index in [0.29, 0.717) is 23.6 Å². The number of aliphatic hydroxyl groups excluding tert-OH is 1. The van der Waals surface area contributed by atoms with Crippen LogP contribution in [0.25, 0.3) is 0 Å². The van der Waals surface area contributed by atoms with E-state index in [4.69, 9.17) is 16.0 Å². The van der Waals surface area contributed by atoms with Gasteiger partial charge >= 0.3 is 0 Å². The first-order valence-corrected chi connectivity index (χ1v) is 10.1. The number of hydrogen-bond acceptors (Lipinski definition) is 7. The molecule has 3 aliphatic rings. The molecular formula is C22H24N6O. The number of fused-ring (bicyclic) bond motifs is 2. The molecule has 0 amide bonds. The number of anilines is 1. The maximum Gasteiger partial charge on any atom is 0.153 e. The van der Waals surface area contributed by atoms with E-state index in [1.807, 2.05) is 0 Å². The average molecular weight is 388 g/mol. The maximum absolute atomic E-state index is 9.91. The Labute approximate surface area is 169 Å². The monoisotopic (exact) mass is 388 g/mol.